The average molecular weight is 276 g/mol. The first-order valence-corrected chi connectivity index (χ1v) is 7.43. The van der Waals surface area contributed by atoms with Crippen molar-refractivity contribution in [2.75, 3.05) is 27.9 Å². The van der Waals surface area contributed by atoms with Crippen LogP contribution in [0.25, 0.3) is 0 Å². The van der Waals surface area contributed by atoms with Crippen molar-refractivity contribution in [3.05, 3.63) is 12.2 Å². The van der Waals surface area contributed by atoms with E-state index in [0.717, 1.165) is 6.08 Å². The average Bonchev–Trinajstić information content (AvgIpc) is 2.37. The molecule has 0 aliphatic carbocycles. The van der Waals surface area contributed by atoms with Gasteiger partial charge in [0, 0.05) is 33.4 Å². The van der Waals surface area contributed by atoms with E-state index in [2.05, 4.69) is 0 Å². The fourth-order valence-electron chi connectivity index (χ4n) is 1.25. The van der Waals surface area contributed by atoms with Crippen molar-refractivity contribution in [1.82, 2.24) is 0 Å². The van der Waals surface area contributed by atoms with Crippen LogP contribution in [0.3, 0.4) is 0 Å². The molecule has 0 aromatic carbocycles. The second-order valence-corrected chi connectivity index (χ2v) is 6.60. The van der Waals surface area contributed by atoms with Gasteiger partial charge in [0.2, 0.25) is 0 Å². The number of hydrogen-bond acceptors (Lipinski definition) is 6. The van der Waals surface area contributed by atoms with Crippen molar-refractivity contribution in [3.63, 3.8) is 0 Å². The van der Waals surface area contributed by atoms with Crippen molar-refractivity contribution in [3.8, 4) is 0 Å². The number of rotatable bonds is 9. The second-order valence-electron chi connectivity index (χ2n) is 3.51. The molecule has 0 rings (SSSR count). The highest BCUT2D eigenvalue weighted by Crippen LogP contribution is 2.14. The monoisotopic (exact) mass is 276 g/mol. The summed E-state index contributed by atoms with van der Waals surface area (Å²) < 4.78 is 20.6. The molecule has 0 atom stereocenters. The molecule has 0 radical (unpaired) electrons. The summed E-state index contributed by atoms with van der Waals surface area (Å²) >= 11 is 0. The Kier molecular flexibility index (Phi) is 8.47. The van der Waals surface area contributed by atoms with Gasteiger partial charge < -0.3 is 18.0 Å². The summed E-state index contributed by atoms with van der Waals surface area (Å²) in [6.07, 6.45) is 2.85. The molecule has 0 aromatic heterocycles. The number of ether oxygens (including phenoxy) is 1. The predicted octanol–water partition coefficient (Wildman–Crippen LogP) is 0.943. The van der Waals surface area contributed by atoms with Crippen LogP contribution in [0, 0.1) is 0 Å². The molecule has 6 nitrogen and oxygen atoms in total. The molecule has 0 spiro atoms. The maximum Gasteiger partial charge on any atom is 0.500 e. The van der Waals surface area contributed by atoms with Crippen LogP contribution in [0.1, 0.15) is 13.3 Å². The van der Waals surface area contributed by atoms with Crippen LogP contribution in [-0.2, 0) is 27.6 Å². The first kappa shape index (κ1) is 17.0. The molecular formula is C11H20O6Si. The van der Waals surface area contributed by atoms with Gasteiger partial charge in [-0.2, -0.15) is 0 Å². The Morgan fingerprint density at radius 2 is 1.61 bits per heavy atom. The van der Waals surface area contributed by atoms with Gasteiger partial charge in [0.05, 0.1) is 6.61 Å². The van der Waals surface area contributed by atoms with Crippen LogP contribution < -0.4 is 0 Å². The maximum atomic E-state index is 11.1. The van der Waals surface area contributed by atoms with Gasteiger partial charge in [-0.05, 0) is 19.4 Å². The van der Waals surface area contributed by atoms with E-state index in [-0.39, 0.29) is 12.4 Å². The molecule has 0 aliphatic heterocycles. The Labute approximate surface area is 108 Å². The molecule has 0 heterocycles. The van der Waals surface area contributed by atoms with Crippen LogP contribution in [0.15, 0.2) is 12.2 Å². The summed E-state index contributed by atoms with van der Waals surface area (Å²) in [5.74, 6) is -0.735. The van der Waals surface area contributed by atoms with Gasteiger partial charge >= 0.3 is 14.8 Å². The first-order chi connectivity index (χ1) is 8.49. The van der Waals surface area contributed by atoms with Gasteiger partial charge in [-0.1, -0.05) is 0 Å². The quantitative estimate of drug-likeness (QED) is 0.270. The zero-order valence-electron chi connectivity index (χ0n) is 11.2. The zero-order valence-corrected chi connectivity index (χ0v) is 12.2. The van der Waals surface area contributed by atoms with Gasteiger partial charge in [-0.25, -0.2) is 4.79 Å². The molecule has 0 saturated heterocycles. The van der Waals surface area contributed by atoms with E-state index in [1.54, 1.807) is 0 Å². The molecule has 18 heavy (non-hydrogen) atoms. The van der Waals surface area contributed by atoms with Crippen LogP contribution in [0.4, 0.5) is 0 Å². The van der Waals surface area contributed by atoms with E-state index in [9.17, 15) is 9.59 Å². The lowest BCUT2D eigenvalue weighted by Crippen LogP contribution is -2.42. The molecular weight excluding hydrogens is 256 g/mol. The summed E-state index contributed by atoms with van der Waals surface area (Å²) in [6, 6.07) is 0.556. The molecule has 0 amide bonds. The van der Waals surface area contributed by atoms with Crippen LogP contribution >= 0.6 is 0 Å². The van der Waals surface area contributed by atoms with E-state index in [1.807, 2.05) is 0 Å². The summed E-state index contributed by atoms with van der Waals surface area (Å²) in [5.41, 5.74) is 0. The fourth-order valence-corrected chi connectivity index (χ4v) is 2.94. The van der Waals surface area contributed by atoms with Gasteiger partial charge in [0.25, 0.3) is 0 Å². The van der Waals surface area contributed by atoms with E-state index in [1.165, 1.54) is 34.3 Å². The van der Waals surface area contributed by atoms with Gasteiger partial charge in [-0.15, -0.1) is 0 Å². The maximum absolute atomic E-state index is 11.1. The third-order valence-electron chi connectivity index (χ3n) is 2.26. The highest BCUT2D eigenvalue weighted by molar-refractivity contribution is 6.60. The van der Waals surface area contributed by atoms with E-state index >= 15 is 0 Å². The molecule has 104 valence electrons. The van der Waals surface area contributed by atoms with Crippen molar-refractivity contribution >= 4 is 20.6 Å². The van der Waals surface area contributed by atoms with Gasteiger partial charge in [0.1, 0.15) is 0 Å². The number of carbonyl (C=O) groups excluding carboxylic acids is 2. The Morgan fingerprint density at radius 1 is 1.06 bits per heavy atom. The summed E-state index contributed by atoms with van der Waals surface area (Å²) in [5, 5.41) is 0. The summed E-state index contributed by atoms with van der Waals surface area (Å²) in [6.45, 7) is 1.59. The third-order valence-corrected chi connectivity index (χ3v) is 5.09. The Hall–Kier alpha value is -1.02. The zero-order chi connectivity index (χ0) is 14.0. The van der Waals surface area contributed by atoms with Crippen LogP contribution in [-0.4, -0.2) is 48.5 Å². The normalized spacial score (nSPS) is 11.8. The largest absolute Gasteiger partial charge is 0.500 e. The van der Waals surface area contributed by atoms with E-state index in [4.69, 9.17) is 18.0 Å². The number of hydrogen-bond donors (Lipinski definition) is 0. The molecule has 0 fully saturated rings. The molecule has 0 N–H and O–H groups in total. The minimum Gasteiger partial charge on any atom is -0.463 e. The highest BCUT2D eigenvalue weighted by Gasteiger charge is 2.36. The first-order valence-electron chi connectivity index (χ1n) is 5.50. The Morgan fingerprint density at radius 3 is 2.06 bits per heavy atom. The lowest BCUT2D eigenvalue weighted by atomic mass is 10.4. The minimum atomic E-state index is -2.59. The molecule has 7 heteroatoms. The smallest absolute Gasteiger partial charge is 0.463 e. The van der Waals surface area contributed by atoms with E-state index in [0.29, 0.717) is 12.5 Å². The molecule has 0 bridgehead atoms. The minimum absolute atomic E-state index is 0.198. The molecule has 0 saturated carbocycles. The van der Waals surface area contributed by atoms with E-state index < -0.39 is 14.8 Å². The lowest BCUT2D eigenvalue weighted by Gasteiger charge is -2.23. The van der Waals surface area contributed by atoms with Crippen molar-refractivity contribution in [1.29, 1.82) is 0 Å². The molecule has 0 aromatic rings. The standard InChI is InChI=1S/C11H20O6Si/c1-10(12)6-7-11(13)17-8-5-9-18(14-2,15-3)16-4/h6-7H,5,8-9H2,1-4H3/b7-6-. The molecule has 0 aliphatic rings. The SMILES string of the molecule is CO[Si](CCCOC(=O)/C=C\C(C)=O)(OC)OC. The topological polar surface area (TPSA) is 71.1 Å². The van der Waals surface area contributed by atoms with Crippen LogP contribution in [0.5, 0.6) is 0 Å². The Balaban J connectivity index is 3.92. The van der Waals surface area contributed by atoms with Crippen LogP contribution in [0.2, 0.25) is 6.04 Å². The van der Waals surface area contributed by atoms with Gasteiger partial charge in [-0.3, -0.25) is 4.79 Å². The Bertz CT molecular complexity index is 290. The number of carbonyl (C=O) groups is 2. The number of allylic oxidation sites excluding steroid dienone is 1. The van der Waals surface area contributed by atoms with Gasteiger partial charge in [0.15, 0.2) is 5.78 Å². The number of esters is 1. The lowest BCUT2D eigenvalue weighted by molar-refractivity contribution is -0.138. The molecule has 0 unspecified atom stereocenters. The number of ketones is 1. The second kappa shape index (κ2) is 8.98. The van der Waals surface area contributed by atoms with Crippen molar-refractivity contribution in [2.45, 2.75) is 19.4 Å². The highest BCUT2D eigenvalue weighted by atomic mass is 28.4. The summed E-state index contributed by atoms with van der Waals surface area (Å²) in [4.78, 5) is 21.7. The fraction of sp³-hybridized carbons (Fsp3) is 0.636. The van der Waals surface area contributed by atoms with Crippen molar-refractivity contribution in [2.24, 2.45) is 0 Å². The third kappa shape index (κ3) is 6.65. The predicted molar refractivity (Wildman–Crippen MR) is 67.0 cm³/mol. The van der Waals surface area contributed by atoms with Crippen molar-refractivity contribution < 1.29 is 27.6 Å². The summed E-state index contributed by atoms with van der Waals surface area (Å²) in [7, 11) is 2.00.